The highest BCUT2D eigenvalue weighted by Crippen LogP contribution is 2.26. The van der Waals surface area contributed by atoms with Crippen molar-refractivity contribution >= 4 is 43.3 Å². The van der Waals surface area contributed by atoms with E-state index in [4.69, 9.17) is 4.74 Å². The van der Waals surface area contributed by atoms with Gasteiger partial charge < -0.3 is 4.74 Å². The van der Waals surface area contributed by atoms with Gasteiger partial charge in [0.15, 0.2) is 5.78 Å². The van der Waals surface area contributed by atoms with E-state index in [1.807, 2.05) is 24.3 Å². The average Bonchev–Trinajstić information content (AvgIpc) is 2.65. The van der Waals surface area contributed by atoms with Crippen LogP contribution in [0.15, 0.2) is 75.7 Å². The fourth-order valence-corrected chi connectivity index (χ4v) is 3.09. The van der Waals surface area contributed by atoms with Gasteiger partial charge in [-0.2, -0.15) is 0 Å². The number of rotatable bonds is 6. The van der Waals surface area contributed by atoms with E-state index in [9.17, 15) is 14.9 Å². The van der Waals surface area contributed by atoms with Crippen molar-refractivity contribution in [1.29, 1.82) is 0 Å². The van der Waals surface area contributed by atoms with Gasteiger partial charge in [0.1, 0.15) is 11.5 Å². The van der Waals surface area contributed by atoms with Crippen LogP contribution in [0.3, 0.4) is 0 Å². The molecule has 7 heteroatoms. The molecule has 0 spiro atoms. The summed E-state index contributed by atoms with van der Waals surface area (Å²) in [4.78, 5) is 23.2. The van der Waals surface area contributed by atoms with E-state index < -0.39 is 4.92 Å². The van der Waals surface area contributed by atoms with Crippen molar-refractivity contribution in [2.45, 2.75) is 6.42 Å². The molecular weight excluding hydrogens is 478 g/mol. The molecule has 27 heavy (non-hydrogen) atoms. The molecule has 0 aliphatic carbocycles. The lowest BCUT2D eigenvalue weighted by molar-refractivity contribution is -0.385. The van der Waals surface area contributed by atoms with Crippen molar-refractivity contribution < 1.29 is 14.5 Å². The van der Waals surface area contributed by atoms with Crippen LogP contribution in [0.25, 0.3) is 0 Å². The third kappa shape index (κ3) is 5.02. The topological polar surface area (TPSA) is 69.4 Å². The van der Waals surface area contributed by atoms with Crippen LogP contribution < -0.4 is 4.74 Å². The second-order valence-electron chi connectivity index (χ2n) is 5.71. The van der Waals surface area contributed by atoms with E-state index in [1.54, 1.807) is 36.4 Å². The maximum atomic E-state index is 12.5. The molecule has 0 aromatic heterocycles. The molecule has 0 aliphatic rings. The number of hydrogen-bond donors (Lipinski definition) is 0. The van der Waals surface area contributed by atoms with Gasteiger partial charge in [0.25, 0.3) is 5.69 Å². The molecule has 5 nitrogen and oxygen atoms in total. The quantitative estimate of drug-likeness (QED) is 0.229. The first-order valence-corrected chi connectivity index (χ1v) is 9.50. The Kier molecular flexibility index (Phi) is 6.03. The highest BCUT2D eigenvalue weighted by molar-refractivity contribution is 9.10. The number of Topliss-reactive ketones (excluding diaryl/α,β-unsaturated/α-hetero) is 1. The molecule has 0 bridgehead atoms. The maximum absolute atomic E-state index is 12.5. The van der Waals surface area contributed by atoms with Crippen LogP contribution >= 0.6 is 31.9 Å². The van der Waals surface area contributed by atoms with Crippen LogP contribution in [-0.2, 0) is 6.42 Å². The lowest BCUT2D eigenvalue weighted by Crippen LogP contribution is -2.06. The predicted molar refractivity (Wildman–Crippen MR) is 109 cm³/mol. The number of hydrogen-bond acceptors (Lipinski definition) is 4. The van der Waals surface area contributed by atoms with Crippen molar-refractivity contribution in [1.82, 2.24) is 0 Å². The van der Waals surface area contributed by atoms with Crippen molar-refractivity contribution in [3.05, 3.63) is 96.9 Å². The normalized spacial score (nSPS) is 10.4. The summed E-state index contributed by atoms with van der Waals surface area (Å²) in [6.07, 6.45) is -0.0451. The van der Waals surface area contributed by atoms with E-state index in [0.717, 1.165) is 4.47 Å². The van der Waals surface area contributed by atoms with E-state index in [1.165, 1.54) is 6.07 Å². The second-order valence-corrected chi connectivity index (χ2v) is 7.54. The summed E-state index contributed by atoms with van der Waals surface area (Å²) in [5.41, 5.74) is 0.770. The summed E-state index contributed by atoms with van der Waals surface area (Å²) in [6, 6.07) is 18.8. The molecule has 3 aromatic rings. The Morgan fingerprint density at radius 3 is 2.04 bits per heavy atom. The van der Waals surface area contributed by atoms with Crippen LogP contribution in [-0.4, -0.2) is 10.7 Å². The molecule has 0 saturated carbocycles. The first-order valence-electron chi connectivity index (χ1n) is 7.92. The molecule has 0 unspecified atom stereocenters. The summed E-state index contributed by atoms with van der Waals surface area (Å²) >= 11 is 6.57. The van der Waals surface area contributed by atoms with Crippen LogP contribution in [0.1, 0.15) is 15.9 Å². The van der Waals surface area contributed by atoms with Crippen molar-refractivity contribution in [2.75, 3.05) is 0 Å². The van der Waals surface area contributed by atoms with Crippen LogP contribution in [0.5, 0.6) is 11.5 Å². The summed E-state index contributed by atoms with van der Waals surface area (Å²) in [5.74, 6) is 1.09. The average molecular weight is 491 g/mol. The minimum atomic E-state index is -0.484. The van der Waals surface area contributed by atoms with Crippen LogP contribution in [0.4, 0.5) is 5.69 Å². The van der Waals surface area contributed by atoms with Crippen LogP contribution in [0, 0.1) is 10.1 Å². The molecule has 0 fully saturated rings. The van der Waals surface area contributed by atoms with Crippen LogP contribution in [0.2, 0.25) is 0 Å². The van der Waals surface area contributed by atoms with Gasteiger partial charge in [-0.25, -0.2) is 0 Å². The summed E-state index contributed by atoms with van der Waals surface area (Å²) < 4.78 is 7.28. The minimum absolute atomic E-state index is 0.0451. The molecule has 0 atom stereocenters. The van der Waals surface area contributed by atoms with Gasteiger partial charge >= 0.3 is 0 Å². The standard InChI is InChI=1S/C20H13Br2NO4/c21-15-5-9-18(10-6-15)27-17-7-2-13(3-8-17)20(24)11-14-1-4-16(22)12-19(14)23(25)26/h1-10,12H,11H2. The predicted octanol–water partition coefficient (Wildman–Crippen LogP) is 6.34. The first kappa shape index (κ1) is 19.3. The highest BCUT2D eigenvalue weighted by atomic mass is 79.9. The van der Waals surface area contributed by atoms with Gasteiger partial charge in [-0.1, -0.05) is 37.9 Å². The fraction of sp³-hybridized carbons (Fsp3) is 0.0500. The summed E-state index contributed by atoms with van der Waals surface area (Å²) in [5, 5.41) is 11.2. The Balaban J connectivity index is 1.73. The molecule has 0 N–H and O–H groups in total. The third-order valence-electron chi connectivity index (χ3n) is 3.82. The summed E-state index contributed by atoms with van der Waals surface area (Å²) in [6.45, 7) is 0. The molecule has 0 amide bonds. The van der Waals surface area contributed by atoms with Gasteiger partial charge in [-0.05, 0) is 54.6 Å². The van der Waals surface area contributed by atoms with Gasteiger partial charge in [-0.15, -0.1) is 0 Å². The van der Waals surface area contributed by atoms with Gasteiger partial charge in [0, 0.05) is 32.6 Å². The Morgan fingerprint density at radius 1 is 0.889 bits per heavy atom. The zero-order chi connectivity index (χ0) is 19.4. The molecular formula is C20H13Br2NO4. The fourth-order valence-electron chi connectivity index (χ4n) is 2.48. The van der Waals surface area contributed by atoms with E-state index in [2.05, 4.69) is 31.9 Å². The third-order valence-corrected chi connectivity index (χ3v) is 4.84. The molecule has 0 radical (unpaired) electrons. The Labute approximate surface area is 172 Å². The Bertz CT molecular complexity index is 986. The van der Waals surface area contributed by atoms with Crippen molar-refractivity contribution in [2.24, 2.45) is 0 Å². The molecule has 3 aromatic carbocycles. The number of halogens is 2. The molecule has 0 saturated heterocycles. The lowest BCUT2D eigenvalue weighted by atomic mass is 10.0. The molecule has 3 rings (SSSR count). The number of benzene rings is 3. The number of nitro groups is 1. The van der Waals surface area contributed by atoms with Crippen molar-refractivity contribution in [3.8, 4) is 11.5 Å². The van der Waals surface area contributed by atoms with Gasteiger partial charge in [0.05, 0.1) is 4.92 Å². The molecule has 0 heterocycles. The zero-order valence-corrected chi connectivity index (χ0v) is 17.1. The van der Waals surface area contributed by atoms with Gasteiger partial charge in [0.2, 0.25) is 0 Å². The highest BCUT2D eigenvalue weighted by Gasteiger charge is 2.18. The Hall–Kier alpha value is -2.51. The maximum Gasteiger partial charge on any atom is 0.274 e. The second kappa shape index (κ2) is 8.45. The Morgan fingerprint density at radius 2 is 1.44 bits per heavy atom. The van der Waals surface area contributed by atoms with E-state index in [0.29, 0.717) is 27.1 Å². The number of ether oxygens (including phenoxy) is 1. The number of nitrogens with zero attached hydrogens (tertiary/aromatic N) is 1. The van der Waals surface area contributed by atoms with Crippen molar-refractivity contribution in [3.63, 3.8) is 0 Å². The number of ketones is 1. The lowest BCUT2D eigenvalue weighted by Gasteiger charge is -2.07. The van der Waals surface area contributed by atoms with E-state index >= 15 is 0 Å². The van der Waals surface area contributed by atoms with E-state index in [-0.39, 0.29) is 17.9 Å². The largest absolute Gasteiger partial charge is 0.457 e. The number of carbonyl (C=O) groups excluding carboxylic acids is 1. The zero-order valence-electron chi connectivity index (χ0n) is 13.9. The number of carbonyl (C=O) groups is 1. The molecule has 136 valence electrons. The smallest absolute Gasteiger partial charge is 0.274 e. The first-order chi connectivity index (χ1) is 12.9. The number of nitro benzene ring substituents is 1. The summed E-state index contributed by atoms with van der Waals surface area (Å²) in [7, 11) is 0. The van der Waals surface area contributed by atoms with Gasteiger partial charge in [-0.3, -0.25) is 14.9 Å². The molecule has 0 aliphatic heterocycles. The monoisotopic (exact) mass is 489 g/mol. The SMILES string of the molecule is O=C(Cc1ccc(Br)cc1[N+](=O)[O-])c1ccc(Oc2ccc(Br)cc2)cc1. The minimum Gasteiger partial charge on any atom is -0.457 e.